The molecule has 20 heavy (non-hydrogen) atoms. The average molecular weight is 285 g/mol. The van der Waals surface area contributed by atoms with Crippen LogP contribution in [0.4, 0.5) is 5.69 Å². The molecule has 0 atom stereocenters. The van der Waals surface area contributed by atoms with Crippen molar-refractivity contribution in [2.45, 2.75) is 13.3 Å². The lowest BCUT2D eigenvalue weighted by atomic mass is 10.1. The summed E-state index contributed by atoms with van der Waals surface area (Å²) in [5, 5.41) is 11.9. The van der Waals surface area contributed by atoms with E-state index in [4.69, 9.17) is 16.9 Å². The summed E-state index contributed by atoms with van der Waals surface area (Å²) in [4.78, 5) is 12.0. The fourth-order valence-corrected chi connectivity index (χ4v) is 2.09. The Labute approximate surface area is 122 Å². The predicted octanol–water partition coefficient (Wildman–Crippen LogP) is 3.70. The van der Waals surface area contributed by atoms with E-state index in [-0.39, 0.29) is 5.91 Å². The van der Waals surface area contributed by atoms with E-state index < -0.39 is 0 Å². The maximum absolute atomic E-state index is 12.0. The number of carbonyl (C=O) groups excluding carboxylic acids is 1. The van der Waals surface area contributed by atoms with Gasteiger partial charge in [-0.2, -0.15) is 5.26 Å². The van der Waals surface area contributed by atoms with E-state index in [1.165, 1.54) is 0 Å². The number of hydrogen-bond donors (Lipinski definition) is 1. The number of nitrogens with zero attached hydrogens (tertiary/aromatic N) is 1. The van der Waals surface area contributed by atoms with Crippen LogP contribution in [0.15, 0.2) is 42.5 Å². The van der Waals surface area contributed by atoms with Crippen LogP contribution in [0.1, 0.15) is 16.7 Å². The van der Waals surface area contributed by atoms with Gasteiger partial charge >= 0.3 is 0 Å². The highest BCUT2D eigenvalue weighted by atomic mass is 35.5. The summed E-state index contributed by atoms with van der Waals surface area (Å²) in [6.45, 7) is 1.97. The minimum Gasteiger partial charge on any atom is -0.326 e. The van der Waals surface area contributed by atoms with Crippen molar-refractivity contribution < 1.29 is 4.79 Å². The van der Waals surface area contributed by atoms with Crippen LogP contribution >= 0.6 is 11.6 Å². The fourth-order valence-electron chi connectivity index (χ4n) is 1.87. The zero-order valence-corrected chi connectivity index (χ0v) is 11.7. The zero-order valence-electron chi connectivity index (χ0n) is 11.0. The number of carbonyl (C=O) groups is 1. The van der Waals surface area contributed by atoms with Gasteiger partial charge in [-0.25, -0.2) is 0 Å². The second-order valence-corrected chi connectivity index (χ2v) is 4.87. The summed E-state index contributed by atoms with van der Waals surface area (Å²) in [6, 6.07) is 14.6. The molecule has 1 N–H and O–H groups in total. The van der Waals surface area contributed by atoms with Gasteiger partial charge < -0.3 is 5.32 Å². The van der Waals surface area contributed by atoms with Crippen molar-refractivity contribution in [2.24, 2.45) is 0 Å². The van der Waals surface area contributed by atoms with Crippen molar-refractivity contribution in [1.82, 2.24) is 0 Å². The molecule has 0 unspecified atom stereocenters. The summed E-state index contributed by atoms with van der Waals surface area (Å²) >= 11 is 5.92. The number of amides is 1. The maximum atomic E-state index is 12.0. The first-order valence-electron chi connectivity index (χ1n) is 6.14. The third kappa shape index (κ3) is 3.37. The molecule has 0 saturated carbocycles. The smallest absolute Gasteiger partial charge is 0.228 e. The Morgan fingerprint density at radius 2 is 2.05 bits per heavy atom. The van der Waals surface area contributed by atoms with Gasteiger partial charge in [0.15, 0.2) is 0 Å². The Morgan fingerprint density at radius 3 is 2.70 bits per heavy atom. The van der Waals surface area contributed by atoms with Crippen LogP contribution in [0.25, 0.3) is 0 Å². The van der Waals surface area contributed by atoms with E-state index >= 15 is 0 Å². The third-order valence-corrected chi connectivity index (χ3v) is 3.30. The lowest BCUT2D eigenvalue weighted by Gasteiger charge is -2.08. The molecule has 0 aliphatic heterocycles. The number of anilines is 1. The van der Waals surface area contributed by atoms with Crippen LogP contribution in [0.3, 0.4) is 0 Å². The quantitative estimate of drug-likeness (QED) is 0.934. The number of hydrogen-bond acceptors (Lipinski definition) is 2. The Hall–Kier alpha value is -2.31. The Balaban J connectivity index is 2.07. The number of rotatable bonds is 3. The molecule has 2 aromatic carbocycles. The average Bonchev–Trinajstić information content (AvgIpc) is 2.41. The monoisotopic (exact) mass is 284 g/mol. The molecule has 0 radical (unpaired) electrons. The molecule has 0 fully saturated rings. The maximum Gasteiger partial charge on any atom is 0.228 e. The van der Waals surface area contributed by atoms with E-state index in [0.29, 0.717) is 22.7 Å². The molecule has 3 nitrogen and oxygen atoms in total. The summed E-state index contributed by atoms with van der Waals surface area (Å²) in [5.74, 6) is -0.111. The fraction of sp³-hybridized carbons (Fsp3) is 0.125. The first-order chi connectivity index (χ1) is 9.60. The molecule has 0 saturated heterocycles. The van der Waals surface area contributed by atoms with Gasteiger partial charge in [-0.15, -0.1) is 0 Å². The van der Waals surface area contributed by atoms with Gasteiger partial charge in [0, 0.05) is 5.69 Å². The lowest BCUT2D eigenvalue weighted by molar-refractivity contribution is -0.115. The standard InChI is InChI=1S/C16H13ClN2O/c1-11-4-2-3-5-12(11)8-16(20)19-14-7-6-13(10-18)15(17)9-14/h2-7,9H,8H2,1H3,(H,19,20). The summed E-state index contributed by atoms with van der Waals surface area (Å²) in [6.07, 6.45) is 0.310. The molecular weight excluding hydrogens is 272 g/mol. The van der Waals surface area contributed by atoms with Crippen molar-refractivity contribution in [3.8, 4) is 6.07 Å². The van der Waals surface area contributed by atoms with Gasteiger partial charge in [-0.1, -0.05) is 35.9 Å². The SMILES string of the molecule is Cc1ccccc1CC(=O)Nc1ccc(C#N)c(Cl)c1. The minimum absolute atomic E-state index is 0.111. The minimum atomic E-state index is -0.111. The molecule has 4 heteroatoms. The normalized spacial score (nSPS) is 9.85. The summed E-state index contributed by atoms with van der Waals surface area (Å²) in [7, 11) is 0. The van der Waals surface area contributed by atoms with Crippen molar-refractivity contribution in [3.05, 3.63) is 64.2 Å². The van der Waals surface area contributed by atoms with Gasteiger partial charge in [-0.3, -0.25) is 4.79 Å². The largest absolute Gasteiger partial charge is 0.326 e. The number of benzene rings is 2. The van der Waals surface area contributed by atoms with E-state index in [1.807, 2.05) is 37.3 Å². The zero-order chi connectivity index (χ0) is 14.5. The van der Waals surface area contributed by atoms with E-state index in [9.17, 15) is 4.79 Å². The molecule has 0 aliphatic rings. The van der Waals surface area contributed by atoms with Gasteiger partial charge in [0.25, 0.3) is 0 Å². The second kappa shape index (κ2) is 6.23. The predicted molar refractivity (Wildman–Crippen MR) is 79.7 cm³/mol. The van der Waals surface area contributed by atoms with Crippen LogP contribution in [0, 0.1) is 18.3 Å². The van der Waals surface area contributed by atoms with Crippen LogP contribution in [0.5, 0.6) is 0 Å². The summed E-state index contributed by atoms with van der Waals surface area (Å²) < 4.78 is 0. The van der Waals surface area contributed by atoms with Crippen molar-refractivity contribution in [2.75, 3.05) is 5.32 Å². The highest BCUT2D eigenvalue weighted by Gasteiger charge is 2.07. The van der Waals surface area contributed by atoms with Crippen molar-refractivity contribution in [1.29, 1.82) is 5.26 Å². The van der Waals surface area contributed by atoms with Crippen LogP contribution < -0.4 is 5.32 Å². The van der Waals surface area contributed by atoms with E-state index in [1.54, 1.807) is 18.2 Å². The first-order valence-corrected chi connectivity index (χ1v) is 6.52. The van der Waals surface area contributed by atoms with Gasteiger partial charge in [0.05, 0.1) is 17.0 Å². The summed E-state index contributed by atoms with van der Waals surface area (Å²) in [5.41, 5.74) is 3.06. The molecule has 2 aromatic rings. The Morgan fingerprint density at radius 1 is 1.30 bits per heavy atom. The molecule has 0 aromatic heterocycles. The number of aryl methyl sites for hydroxylation is 1. The first kappa shape index (κ1) is 14.1. The lowest BCUT2D eigenvalue weighted by Crippen LogP contribution is -2.15. The molecular formula is C16H13ClN2O. The van der Waals surface area contributed by atoms with Crippen molar-refractivity contribution >= 4 is 23.2 Å². The highest BCUT2D eigenvalue weighted by Crippen LogP contribution is 2.20. The topological polar surface area (TPSA) is 52.9 Å². The molecule has 0 aliphatic carbocycles. The van der Waals surface area contributed by atoms with Crippen molar-refractivity contribution in [3.63, 3.8) is 0 Å². The van der Waals surface area contributed by atoms with Gasteiger partial charge in [-0.05, 0) is 36.2 Å². The van der Waals surface area contributed by atoms with Gasteiger partial charge in [0.1, 0.15) is 6.07 Å². The molecule has 2 rings (SSSR count). The van der Waals surface area contributed by atoms with Crippen LogP contribution in [-0.4, -0.2) is 5.91 Å². The van der Waals surface area contributed by atoms with Crippen LogP contribution in [0.2, 0.25) is 5.02 Å². The second-order valence-electron chi connectivity index (χ2n) is 4.46. The molecule has 1 amide bonds. The Kier molecular flexibility index (Phi) is 4.39. The number of halogens is 1. The molecule has 0 bridgehead atoms. The third-order valence-electron chi connectivity index (χ3n) is 2.99. The van der Waals surface area contributed by atoms with Gasteiger partial charge in [0.2, 0.25) is 5.91 Å². The molecule has 0 spiro atoms. The van der Waals surface area contributed by atoms with Crippen LogP contribution in [-0.2, 0) is 11.2 Å². The highest BCUT2D eigenvalue weighted by molar-refractivity contribution is 6.32. The van der Waals surface area contributed by atoms with E-state index in [0.717, 1.165) is 11.1 Å². The molecule has 100 valence electrons. The van der Waals surface area contributed by atoms with E-state index in [2.05, 4.69) is 5.32 Å². The number of nitrogens with one attached hydrogen (secondary N) is 1. The Bertz CT molecular complexity index is 689. The number of nitriles is 1. The molecule has 0 heterocycles.